The van der Waals surface area contributed by atoms with Crippen LogP contribution in [0.4, 0.5) is 0 Å². The third-order valence-corrected chi connectivity index (χ3v) is 24.0. The summed E-state index contributed by atoms with van der Waals surface area (Å²) in [5.41, 5.74) is 3.60. The van der Waals surface area contributed by atoms with Crippen molar-refractivity contribution < 1.29 is 57.5 Å². The van der Waals surface area contributed by atoms with Crippen LogP contribution in [-0.2, 0) is 68.6 Å². The lowest BCUT2D eigenvalue weighted by Gasteiger charge is -2.35. The van der Waals surface area contributed by atoms with E-state index in [9.17, 15) is 57.5 Å². The van der Waals surface area contributed by atoms with E-state index in [1.54, 1.807) is 70.9 Å². The third-order valence-electron chi connectivity index (χ3n) is 24.0. The number of hydrogen-bond donors (Lipinski definition) is 3. The Morgan fingerprint density at radius 3 is 0.991 bits per heavy atom. The van der Waals surface area contributed by atoms with Crippen LogP contribution < -0.4 is 16.0 Å². The third kappa shape index (κ3) is 25.7. The van der Waals surface area contributed by atoms with E-state index < -0.39 is 11.1 Å². The van der Waals surface area contributed by atoms with Gasteiger partial charge in [0.2, 0.25) is 53.2 Å². The number of rotatable bonds is 30. The molecule has 9 amide bonds. The number of nitrogens with one attached hydrogen (secondary N) is 3. The first-order valence-corrected chi connectivity index (χ1v) is 40.7. The van der Waals surface area contributed by atoms with Gasteiger partial charge in [0.15, 0.2) is 0 Å². The minimum atomic E-state index is -0.659. The topological polar surface area (TPSA) is 260 Å². The molecule has 3 N–H and O–H groups in total. The number of hydrogen-bond acceptors (Lipinski definition) is 12. The van der Waals surface area contributed by atoms with Crippen LogP contribution >= 0.6 is 0 Å². The zero-order valence-electron chi connectivity index (χ0n) is 67.9. The van der Waals surface area contributed by atoms with Crippen molar-refractivity contribution in [2.45, 2.75) is 228 Å². The number of carbonyl (C=O) groups excluding carboxylic acids is 12. The van der Waals surface area contributed by atoms with Crippen LogP contribution in [0.25, 0.3) is 0 Å². The quantitative estimate of drug-likeness (QED) is 0.0480. The van der Waals surface area contributed by atoms with E-state index in [1.165, 1.54) is 32.1 Å². The summed E-state index contributed by atoms with van der Waals surface area (Å²) in [5.74, 6) is 2.15. The normalized spacial score (nSPS) is 24.0. The predicted octanol–water partition coefficient (Wildman–Crippen LogP) is 11.9. The Morgan fingerprint density at radius 1 is 0.367 bits per heavy atom. The second kappa shape index (κ2) is 40.7. The fourth-order valence-corrected chi connectivity index (χ4v) is 17.5. The average molecular weight is 1510 g/mol. The maximum absolute atomic E-state index is 13.1. The molecule has 6 saturated heterocycles. The highest BCUT2D eigenvalue weighted by molar-refractivity contribution is 5.96. The van der Waals surface area contributed by atoms with Gasteiger partial charge in [-0.1, -0.05) is 122 Å². The lowest BCUT2D eigenvalue weighted by Crippen LogP contribution is -2.46. The number of nitrogens with zero attached hydrogens (tertiary/aromatic N) is 6. The van der Waals surface area contributed by atoms with E-state index in [0.29, 0.717) is 192 Å². The summed E-state index contributed by atoms with van der Waals surface area (Å²) in [6.07, 6.45) is 21.9. The Labute approximate surface area is 650 Å². The highest BCUT2D eigenvalue weighted by atomic mass is 16.2. The molecule has 8 fully saturated rings. The standard InChI is InChI=1S/C33H50N2O4.C30H42N4O4.C25H39N3O4/c1-22(2)32(38)34-13-11-28(20-34)30(36)18-26-9-5-7-24(16-26)15-25-8-6-10-27(17-25)19-31(37)29-12-14-35(21-29)33(39)23(3)4;1-19(2)27(37)33-14-12-21(17-33)25(35)31-29(5,6)23-10-9-11-24(16-23)30(7,8)32-26(36)22-13-15-34(18-22)28(38)20(3)4;1-18(2)24(31)27-14-11-20(16-27)22(29)10-8-6-5-7-9-13-26-23(30)21-12-15-28(17-21)25(32)19(3)4/h24-29H,1,3,5-21H2,2,4H3;9-11,16,21-22H,1,3,12-15,17-18H2,2,4-8H3,(H,31,35)(H,32,36);20-21H,1,3,5-17H2,2,4H3,(H,26,30). The molecule has 8 aliphatic rings. The number of amides is 9. The molecule has 0 spiro atoms. The Hall–Kier alpha value is -8.10. The van der Waals surface area contributed by atoms with Crippen molar-refractivity contribution in [3.8, 4) is 0 Å². The van der Waals surface area contributed by atoms with Crippen molar-refractivity contribution >= 4 is 70.5 Å². The van der Waals surface area contributed by atoms with Crippen LogP contribution in [0.15, 0.2) is 97.2 Å². The van der Waals surface area contributed by atoms with Crippen molar-refractivity contribution in [2.24, 2.45) is 59.2 Å². The first-order chi connectivity index (χ1) is 51.4. The van der Waals surface area contributed by atoms with Crippen LogP contribution in [0, 0.1) is 59.2 Å². The number of unbranched alkanes of at least 4 members (excludes halogenated alkanes) is 4. The summed E-state index contributed by atoms with van der Waals surface area (Å²) in [6, 6.07) is 7.87. The zero-order chi connectivity index (χ0) is 80.2. The van der Waals surface area contributed by atoms with E-state index in [1.807, 2.05) is 52.0 Å². The minimum Gasteiger partial charge on any atom is -0.356 e. The van der Waals surface area contributed by atoms with Gasteiger partial charge < -0.3 is 45.3 Å². The largest absolute Gasteiger partial charge is 0.356 e. The van der Waals surface area contributed by atoms with Gasteiger partial charge in [0.25, 0.3) is 0 Å². The van der Waals surface area contributed by atoms with Crippen molar-refractivity contribution in [1.29, 1.82) is 0 Å². The van der Waals surface area contributed by atoms with Gasteiger partial charge in [-0.2, -0.15) is 0 Å². The Bertz CT molecular complexity index is 3360. The molecule has 600 valence electrons. The van der Waals surface area contributed by atoms with Gasteiger partial charge in [-0.15, -0.1) is 0 Å². The van der Waals surface area contributed by atoms with Gasteiger partial charge >= 0.3 is 0 Å². The lowest BCUT2D eigenvalue weighted by atomic mass is 9.70. The molecule has 9 rings (SSSR count). The molecule has 2 saturated carbocycles. The van der Waals surface area contributed by atoms with E-state index in [4.69, 9.17) is 0 Å². The molecule has 21 heteroatoms. The fourth-order valence-electron chi connectivity index (χ4n) is 17.5. The minimum absolute atomic E-state index is 0.00354. The molecule has 0 aromatic heterocycles. The maximum atomic E-state index is 13.1. The molecular formula is C88H131N9O12. The summed E-state index contributed by atoms with van der Waals surface area (Å²) in [5, 5.41) is 9.31. The van der Waals surface area contributed by atoms with Crippen LogP contribution in [-0.4, -0.2) is 185 Å². The van der Waals surface area contributed by atoms with E-state index in [-0.39, 0.29) is 94.5 Å². The summed E-state index contributed by atoms with van der Waals surface area (Å²) >= 11 is 0. The molecule has 1 aromatic carbocycles. The van der Waals surface area contributed by atoms with Crippen LogP contribution in [0.3, 0.4) is 0 Å². The molecule has 1 aromatic rings. The highest BCUT2D eigenvalue weighted by Gasteiger charge is 2.41. The van der Waals surface area contributed by atoms with Crippen molar-refractivity contribution in [2.75, 3.05) is 85.1 Å². The molecule has 21 nitrogen and oxygen atoms in total. The Kier molecular flexibility index (Phi) is 32.9. The second-order valence-electron chi connectivity index (χ2n) is 34.6. The molecule has 10 unspecified atom stereocenters. The van der Waals surface area contributed by atoms with Crippen LogP contribution in [0.2, 0.25) is 0 Å². The van der Waals surface area contributed by atoms with Gasteiger partial charge in [-0.3, -0.25) is 57.5 Å². The summed E-state index contributed by atoms with van der Waals surface area (Å²) in [6.45, 7) is 47.7. The molecular weight excluding hydrogens is 1380 g/mol. The van der Waals surface area contributed by atoms with Gasteiger partial charge in [0.05, 0.1) is 28.8 Å². The fraction of sp³-hybridized carbons (Fsp3) is 0.659. The maximum Gasteiger partial charge on any atom is 0.248 e. The SMILES string of the molecule is C=C(C)C(=O)N1CCC(C(=O)CC2CCCC(CC3CCCC(CC(=O)C4CCN(C(=O)C(=C)C)C4)C3)C2)C1.C=C(C)C(=O)N1CCC(C(=O)CCCCCCCNC(=O)C2CCN(C(=O)C(=C)C)C2)C1.C=C(C)C(=O)N1CCC(C(=O)NC(C)(C)c2cccc(C(C)(C)NC(=O)C3CCN(C(=O)C(=C)C)C3)c2)C1. The molecule has 10 atom stereocenters. The first-order valence-electron chi connectivity index (χ1n) is 40.7. The Morgan fingerprint density at radius 2 is 0.651 bits per heavy atom. The molecule has 109 heavy (non-hydrogen) atoms. The number of Topliss-reactive ketones (excluding diaryl/α,β-unsaturated/α-hetero) is 3. The average Bonchev–Trinajstić information content (AvgIpc) is 1.24. The van der Waals surface area contributed by atoms with Gasteiger partial charge in [-0.05, 0) is 175 Å². The number of likely N-dealkylation sites (tertiary alicyclic amines) is 6. The molecule has 2 aliphatic carbocycles. The zero-order valence-corrected chi connectivity index (χ0v) is 67.9. The summed E-state index contributed by atoms with van der Waals surface area (Å²) in [7, 11) is 0. The van der Waals surface area contributed by atoms with Crippen molar-refractivity contribution in [3.63, 3.8) is 0 Å². The highest BCUT2D eigenvalue weighted by Crippen LogP contribution is 2.42. The number of carbonyl (C=O) groups is 12. The first kappa shape index (κ1) is 88.1. The van der Waals surface area contributed by atoms with E-state index in [2.05, 4.69) is 55.4 Å². The van der Waals surface area contributed by atoms with Crippen LogP contribution in [0.5, 0.6) is 0 Å². The van der Waals surface area contributed by atoms with E-state index in [0.717, 1.165) is 88.2 Å². The lowest BCUT2D eigenvalue weighted by molar-refractivity contribution is -0.129. The van der Waals surface area contributed by atoms with Crippen molar-refractivity contribution in [3.05, 3.63) is 108 Å². The molecule has 0 radical (unpaired) electrons. The van der Waals surface area contributed by atoms with E-state index >= 15 is 0 Å². The predicted molar refractivity (Wildman–Crippen MR) is 426 cm³/mol. The number of ketones is 3. The van der Waals surface area contributed by atoms with Gasteiger partial charge in [0, 0.05) is 156 Å². The molecule has 0 bridgehead atoms. The van der Waals surface area contributed by atoms with Crippen molar-refractivity contribution in [1.82, 2.24) is 45.3 Å². The Balaban J connectivity index is 0.000000229. The summed E-state index contributed by atoms with van der Waals surface area (Å²) in [4.78, 5) is 160. The second-order valence-corrected chi connectivity index (χ2v) is 34.6. The summed E-state index contributed by atoms with van der Waals surface area (Å²) < 4.78 is 0. The monoisotopic (exact) mass is 1510 g/mol. The molecule has 6 aliphatic heterocycles. The number of benzene rings is 1. The smallest absolute Gasteiger partial charge is 0.248 e. The van der Waals surface area contributed by atoms with Crippen LogP contribution in [0.1, 0.15) is 228 Å². The van der Waals surface area contributed by atoms with Gasteiger partial charge in [0.1, 0.15) is 17.3 Å². The molecule has 6 heterocycles. The van der Waals surface area contributed by atoms with Gasteiger partial charge in [-0.25, -0.2) is 0 Å².